The summed E-state index contributed by atoms with van der Waals surface area (Å²) < 4.78 is 5.95. The second-order valence-electron chi connectivity index (χ2n) is 10.3. The molecule has 0 radical (unpaired) electrons. The van der Waals surface area contributed by atoms with Crippen molar-refractivity contribution in [1.82, 2.24) is 15.1 Å². The van der Waals surface area contributed by atoms with Crippen molar-refractivity contribution in [3.05, 3.63) is 60.2 Å². The van der Waals surface area contributed by atoms with E-state index in [1.807, 2.05) is 30.3 Å². The fourth-order valence-electron chi connectivity index (χ4n) is 5.52. The van der Waals surface area contributed by atoms with Crippen LogP contribution in [0.25, 0.3) is 0 Å². The smallest absolute Gasteiger partial charge is 0.317 e. The molecule has 2 fully saturated rings. The van der Waals surface area contributed by atoms with Crippen molar-refractivity contribution in [2.24, 2.45) is 0 Å². The third-order valence-electron chi connectivity index (χ3n) is 7.78. The molecule has 0 aromatic heterocycles. The molecule has 1 N–H and O–H groups in total. The Morgan fingerprint density at radius 2 is 1.63 bits per heavy atom. The number of nitrogens with zero attached hydrogens (tertiary/aromatic N) is 2. The van der Waals surface area contributed by atoms with Crippen molar-refractivity contribution in [1.29, 1.82) is 0 Å². The number of benzene rings is 2. The molecule has 2 aromatic carbocycles. The lowest BCUT2D eigenvalue weighted by molar-refractivity contribution is 0.0978. The summed E-state index contributed by atoms with van der Waals surface area (Å²) in [6, 6.07) is 19.6. The van der Waals surface area contributed by atoms with Crippen LogP contribution in [0.2, 0.25) is 0 Å². The molecule has 5 heteroatoms. The maximum atomic E-state index is 13.2. The molecular formula is C30H43N3O2. The largest absolute Gasteiger partial charge is 0.457 e. The van der Waals surface area contributed by atoms with Gasteiger partial charge in [-0.15, -0.1) is 0 Å². The Morgan fingerprint density at radius 3 is 2.29 bits per heavy atom. The molecule has 0 bridgehead atoms. The Morgan fingerprint density at radius 1 is 0.971 bits per heavy atom. The molecule has 5 nitrogen and oxygen atoms in total. The number of unbranched alkanes of at least 4 members (excludes halogenated alkanes) is 1. The van der Waals surface area contributed by atoms with Crippen LogP contribution in [0.15, 0.2) is 54.6 Å². The van der Waals surface area contributed by atoms with E-state index in [0.717, 1.165) is 69.7 Å². The number of ether oxygens (including phenoxy) is 1. The van der Waals surface area contributed by atoms with Gasteiger partial charge in [-0.25, -0.2) is 4.79 Å². The van der Waals surface area contributed by atoms with Gasteiger partial charge in [0, 0.05) is 37.8 Å². The van der Waals surface area contributed by atoms with E-state index in [1.165, 1.54) is 24.8 Å². The molecule has 2 amide bonds. The Bertz CT molecular complexity index is 888. The Labute approximate surface area is 211 Å². The van der Waals surface area contributed by atoms with Gasteiger partial charge in [-0.3, -0.25) is 4.90 Å². The molecule has 2 aliphatic rings. The zero-order chi connectivity index (χ0) is 24.5. The minimum Gasteiger partial charge on any atom is -0.457 e. The summed E-state index contributed by atoms with van der Waals surface area (Å²) in [6.07, 6.45) is 10.4. The van der Waals surface area contributed by atoms with Crippen molar-refractivity contribution >= 4 is 6.03 Å². The number of amides is 2. The molecule has 1 saturated carbocycles. The number of likely N-dealkylation sites (tertiary alicyclic amines) is 1. The van der Waals surface area contributed by atoms with Gasteiger partial charge in [-0.2, -0.15) is 0 Å². The van der Waals surface area contributed by atoms with E-state index in [4.69, 9.17) is 4.74 Å². The van der Waals surface area contributed by atoms with E-state index in [2.05, 4.69) is 53.2 Å². The summed E-state index contributed by atoms with van der Waals surface area (Å²) >= 11 is 0. The highest BCUT2D eigenvalue weighted by Gasteiger charge is 2.30. The van der Waals surface area contributed by atoms with Gasteiger partial charge < -0.3 is 15.0 Å². The quantitative estimate of drug-likeness (QED) is 0.417. The summed E-state index contributed by atoms with van der Waals surface area (Å²) in [4.78, 5) is 17.9. The molecule has 1 saturated heterocycles. The number of hydrogen-bond acceptors (Lipinski definition) is 3. The van der Waals surface area contributed by atoms with Crippen LogP contribution in [0, 0.1) is 0 Å². The van der Waals surface area contributed by atoms with Crippen molar-refractivity contribution in [3.63, 3.8) is 0 Å². The lowest BCUT2D eigenvalue weighted by atomic mass is 9.95. The third-order valence-corrected chi connectivity index (χ3v) is 7.78. The maximum Gasteiger partial charge on any atom is 0.317 e. The SMILES string of the molecule is CCCCN(C(=O)NC1CCCCC1)C1CCN(C(C)c2ccc(Oc3ccccc3)cc2)CC1. The molecule has 35 heavy (non-hydrogen) atoms. The number of carbonyl (C=O) groups is 1. The first kappa shape index (κ1) is 25.6. The van der Waals surface area contributed by atoms with Gasteiger partial charge in [-0.1, -0.05) is 62.9 Å². The fourth-order valence-corrected chi connectivity index (χ4v) is 5.52. The van der Waals surface area contributed by atoms with Gasteiger partial charge in [0.2, 0.25) is 0 Å². The number of para-hydroxylation sites is 1. The first-order valence-corrected chi connectivity index (χ1v) is 13.8. The number of carbonyl (C=O) groups excluding carboxylic acids is 1. The van der Waals surface area contributed by atoms with Crippen LogP contribution in [0.5, 0.6) is 11.5 Å². The number of piperidine rings is 1. The molecule has 190 valence electrons. The van der Waals surface area contributed by atoms with Gasteiger partial charge in [0.1, 0.15) is 11.5 Å². The first-order chi connectivity index (χ1) is 17.1. The van der Waals surface area contributed by atoms with E-state index in [9.17, 15) is 4.79 Å². The summed E-state index contributed by atoms with van der Waals surface area (Å²) in [5.74, 6) is 1.72. The van der Waals surface area contributed by atoms with Gasteiger partial charge in [0.15, 0.2) is 0 Å². The van der Waals surface area contributed by atoms with Crippen molar-refractivity contribution in [2.75, 3.05) is 19.6 Å². The van der Waals surface area contributed by atoms with E-state index in [0.29, 0.717) is 18.1 Å². The highest BCUT2D eigenvalue weighted by atomic mass is 16.5. The van der Waals surface area contributed by atoms with E-state index < -0.39 is 0 Å². The van der Waals surface area contributed by atoms with Crippen LogP contribution in [0.3, 0.4) is 0 Å². The average Bonchev–Trinajstić information content (AvgIpc) is 2.90. The molecule has 1 heterocycles. The molecular weight excluding hydrogens is 434 g/mol. The van der Waals surface area contributed by atoms with Crippen LogP contribution in [0.4, 0.5) is 4.79 Å². The molecule has 1 atom stereocenters. The van der Waals surface area contributed by atoms with Crippen LogP contribution in [-0.2, 0) is 0 Å². The zero-order valence-electron chi connectivity index (χ0n) is 21.6. The predicted octanol–water partition coefficient (Wildman–Crippen LogP) is 7.15. The number of nitrogens with one attached hydrogen (secondary N) is 1. The molecule has 4 rings (SSSR count). The minimum absolute atomic E-state index is 0.172. The number of rotatable bonds is 9. The normalized spacial score (nSPS) is 18.7. The lowest BCUT2D eigenvalue weighted by Gasteiger charge is -2.41. The first-order valence-electron chi connectivity index (χ1n) is 13.8. The van der Waals surface area contributed by atoms with Crippen LogP contribution in [0.1, 0.15) is 83.2 Å². The highest BCUT2D eigenvalue weighted by Crippen LogP contribution is 2.29. The van der Waals surface area contributed by atoms with E-state index in [-0.39, 0.29) is 6.03 Å². The van der Waals surface area contributed by atoms with Gasteiger partial charge in [0.25, 0.3) is 0 Å². The summed E-state index contributed by atoms with van der Waals surface area (Å²) in [5, 5.41) is 3.37. The lowest BCUT2D eigenvalue weighted by Crippen LogP contribution is -2.53. The monoisotopic (exact) mass is 477 g/mol. The second kappa shape index (κ2) is 13.0. The topological polar surface area (TPSA) is 44.8 Å². The molecule has 1 unspecified atom stereocenters. The highest BCUT2D eigenvalue weighted by molar-refractivity contribution is 5.75. The minimum atomic E-state index is 0.172. The van der Waals surface area contributed by atoms with Crippen molar-refractivity contribution < 1.29 is 9.53 Å². The molecule has 1 aliphatic carbocycles. The van der Waals surface area contributed by atoms with Crippen LogP contribution < -0.4 is 10.1 Å². The van der Waals surface area contributed by atoms with Crippen LogP contribution >= 0.6 is 0 Å². The van der Waals surface area contributed by atoms with Gasteiger partial charge >= 0.3 is 6.03 Å². The van der Waals surface area contributed by atoms with Gasteiger partial charge in [0.05, 0.1) is 0 Å². The summed E-state index contributed by atoms with van der Waals surface area (Å²) in [5.41, 5.74) is 1.31. The Hall–Kier alpha value is -2.53. The van der Waals surface area contributed by atoms with Crippen molar-refractivity contribution in [3.8, 4) is 11.5 Å². The third kappa shape index (κ3) is 7.23. The molecule has 2 aromatic rings. The van der Waals surface area contributed by atoms with Crippen LogP contribution in [-0.4, -0.2) is 47.5 Å². The summed E-state index contributed by atoms with van der Waals surface area (Å²) in [6.45, 7) is 7.41. The van der Waals surface area contributed by atoms with Crippen molar-refractivity contribution in [2.45, 2.75) is 89.8 Å². The van der Waals surface area contributed by atoms with Gasteiger partial charge in [-0.05, 0) is 68.9 Å². The van der Waals surface area contributed by atoms with E-state index >= 15 is 0 Å². The Balaban J connectivity index is 1.30. The molecule has 1 aliphatic heterocycles. The second-order valence-corrected chi connectivity index (χ2v) is 10.3. The number of urea groups is 1. The van der Waals surface area contributed by atoms with E-state index in [1.54, 1.807) is 0 Å². The maximum absolute atomic E-state index is 13.2. The Kier molecular flexibility index (Phi) is 9.47. The standard InChI is InChI=1S/C30H43N3O2/c1-3-4-21-33(30(34)31-26-11-7-5-8-12-26)27-19-22-32(23-20-27)24(2)25-15-17-29(18-16-25)35-28-13-9-6-10-14-28/h6,9-10,13-18,24,26-27H,3-5,7-8,11-12,19-23H2,1-2H3,(H,31,34). The predicted molar refractivity (Wildman–Crippen MR) is 143 cm³/mol. The zero-order valence-corrected chi connectivity index (χ0v) is 21.6. The molecule has 0 spiro atoms. The summed E-state index contributed by atoms with van der Waals surface area (Å²) in [7, 11) is 0. The number of hydrogen-bond donors (Lipinski definition) is 1. The average molecular weight is 478 g/mol. The fraction of sp³-hybridized carbons (Fsp3) is 0.567.